The molecule has 0 aliphatic carbocycles. The number of carbonyl (C=O) groups is 1. The summed E-state index contributed by atoms with van der Waals surface area (Å²) in [6, 6.07) is 6.96. The Kier molecular flexibility index (Phi) is 4.16. The van der Waals surface area contributed by atoms with E-state index in [1.54, 1.807) is 6.92 Å². The third-order valence-electron chi connectivity index (χ3n) is 2.73. The number of nitrogen functional groups attached to an aromatic ring is 1. The van der Waals surface area contributed by atoms with Gasteiger partial charge < -0.3 is 11.1 Å². The Morgan fingerprint density at radius 3 is 2.60 bits per heavy atom. The molecule has 20 heavy (non-hydrogen) atoms. The van der Waals surface area contributed by atoms with Crippen molar-refractivity contribution in [2.24, 2.45) is 0 Å². The zero-order chi connectivity index (χ0) is 14.9. The van der Waals surface area contributed by atoms with Gasteiger partial charge in [-0.25, -0.2) is 4.39 Å². The average molecular weight is 313 g/mol. The van der Waals surface area contributed by atoms with E-state index in [4.69, 9.17) is 28.9 Å². The van der Waals surface area contributed by atoms with Crippen LogP contribution < -0.4 is 11.1 Å². The minimum Gasteiger partial charge on any atom is -0.399 e. The van der Waals surface area contributed by atoms with Crippen molar-refractivity contribution in [3.63, 3.8) is 0 Å². The van der Waals surface area contributed by atoms with Crippen LogP contribution in [0.15, 0.2) is 30.3 Å². The zero-order valence-electron chi connectivity index (χ0n) is 10.5. The Bertz CT molecular complexity index is 689. The predicted molar refractivity (Wildman–Crippen MR) is 80.0 cm³/mol. The molecule has 2 aromatic carbocycles. The van der Waals surface area contributed by atoms with E-state index in [0.717, 1.165) is 0 Å². The average Bonchev–Trinajstić information content (AvgIpc) is 2.37. The summed E-state index contributed by atoms with van der Waals surface area (Å²) in [6.45, 7) is 1.69. The Balaban J connectivity index is 2.33. The van der Waals surface area contributed by atoms with Gasteiger partial charge >= 0.3 is 0 Å². The van der Waals surface area contributed by atoms with E-state index in [1.165, 1.54) is 30.3 Å². The molecule has 0 atom stereocenters. The second-order valence-corrected chi connectivity index (χ2v) is 5.06. The quantitative estimate of drug-likeness (QED) is 0.813. The molecule has 0 saturated carbocycles. The molecule has 0 bridgehead atoms. The van der Waals surface area contributed by atoms with E-state index in [2.05, 4.69) is 5.32 Å². The lowest BCUT2D eigenvalue weighted by Gasteiger charge is -2.11. The summed E-state index contributed by atoms with van der Waals surface area (Å²) in [6.07, 6.45) is 0. The monoisotopic (exact) mass is 312 g/mol. The molecule has 0 radical (unpaired) electrons. The minimum absolute atomic E-state index is 0.123. The third-order valence-corrected chi connectivity index (χ3v) is 3.53. The fourth-order valence-electron chi connectivity index (χ4n) is 1.73. The van der Waals surface area contributed by atoms with Crippen molar-refractivity contribution < 1.29 is 9.18 Å². The van der Waals surface area contributed by atoms with Crippen LogP contribution in [0.2, 0.25) is 10.0 Å². The van der Waals surface area contributed by atoms with Crippen molar-refractivity contribution >= 4 is 40.5 Å². The highest BCUT2D eigenvalue weighted by molar-refractivity contribution is 6.44. The summed E-state index contributed by atoms with van der Waals surface area (Å²) in [5, 5.41) is 2.97. The normalized spacial score (nSPS) is 10.4. The van der Waals surface area contributed by atoms with Crippen LogP contribution >= 0.6 is 23.2 Å². The maximum absolute atomic E-state index is 13.0. The van der Waals surface area contributed by atoms with Gasteiger partial charge in [0, 0.05) is 11.4 Å². The molecule has 0 aliphatic rings. The molecule has 6 heteroatoms. The van der Waals surface area contributed by atoms with Crippen LogP contribution in [0.5, 0.6) is 0 Å². The van der Waals surface area contributed by atoms with Crippen molar-refractivity contribution in [3.8, 4) is 0 Å². The summed E-state index contributed by atoms with van der Waals surface area (Å²) in [4.78, 5) is 12.2. The Morgan fingerprint density at radius 1 is 1.25 bits per heavy atom. The molecule has 0 fully saturated rings. The first-order chi connectivity index (χ1) is 9.38. The van der Waals surface area contributed by atoms with Crippen LogP contribution in [0.1, 0.15) is 15.9 Å². The first-order valence-corrected chi connectivity index (χ1v) is 6.46. The van der Waals surface area contributed by atoms with Gasteiger partial charge in [-0.3, -0.25) is 4.79 Å². The highest BCUT2D eigenvalue weighted by Gasteiger charge is 2.15. The van der Waals surface area contributed by atoms with Crippen LogP contribution in [0, 0.1) is 12.7 Å². The van der Waals surface area contributed by atoms with Crippen molar-refractivity contribution in [3.05, 3.63) is 57.3 Å². The van der Waals surface area contributed by atoms with Gasteiger partial charge in [-0.05, 0) is 42.8 Å². The minimum atomic E-state index is -0.459. The fourth-order valence-corrected chi connectivity index (χ4v) is 2.15. The smallest absolute Gasteiger partial charge is 0.257 e. The lowest BCUT2D eigenvalue weighted by Crippen LogP contribution is -2.14. The van der Waals surface area contributed by atoms with E-state index >= 15 is 0 Å². The van der Waals surface area contributed by atoms with Gasteiger partial charge in [0.15, 0.2) is 0 Å². The number of rotatable bonds is 2. The lowest BCUT2D eigenvalue weighted by atomic mass is 10.1. The zero-order valence-corrected chi connectivity index (χ0v) is 12.0. The second-order valence-electron chi connectivity index (χ2n) is 4.28. The molecule has 0 aliphatic heterocycles. The first-order valence-electron chi connectivity index (χ1n) is 5.70. The first kappa shape index (κ1) is 14.6. The number of hydrogen-bond donors (Lipinski definition) is 2. The lowest BCUT2D eigenvalue weighted by molar-refractivity contribution is 0.102. The fraction of sp³-hybridized carbons (Fsp3) is 0.0714. The maximum Gasteiger partial charge on any atom is 0.257 e. The number of halogens is 3. The van der Waals surface area contributed by atoms with E-state index in [9.17, 15) is 9.18 Å². The molecular weight excluding hydrogens is 302 g/mol. The van der Waals surface area contributed by atoms with Crippen LogP contribution in [0.3, 0.4) is 0 Å². The number of carbonyl (C=O) groups excluding carboxylic acids is 1. The summed E-state index contributed by atoms with van der Waals surface area (Å²) in [5.41, 5.74) is 7.23. The largest absolute Gasteiger partial charge is 0.399 e. The van der Waals surface area contributed by atoms with Crippen LogP contribution in [-0.4, -0.2) is 5.91 Å². The van der Waals surface area contributed by atoms with Gasteiger partial charge in [-0.2, -0.15) is 0 Å². The maximum atomic E-state index is 13.0. The number of nitrogens with two attached hydrogens (primary N) is 1. The number of anilines is 2. The van der Waals surface area contributed by atoms with Crippen molar-refractivity contribution in [2.45, 2.75) is 6.92 Å². The number of benzene rings is 2. The predicted octanol–water partition coefficient (Wildman–Crippen LogP) is 4.28. The van der Waals surface area contributed by atoms with Crippen molar-refractivity contribution in [1.29, 1.82) is 0 Å². The molecule has 0 spiro atoms. The number of amides is 1. The Morgan fingerprint density at radius 2 is 1.95 bits per heavy atom. The summed E-state index contributed by atoms with van der Waals surface area (Å²) >= 11 is 11.9. The molecule has 0 saturated heterocycles. The Labute approximate surface area is 125 Å². The van der Waals surface area contributed by atoms with Crippen LogP contribution in [-0.2, 0) is 0 Å². The molecule has 0 aromatic heterocycles. The van der Waals surface area contributed by atoms with Crippen LogP contribution in [0.25, 0.3) is 0 Å². The van der Waals surface area contributed by atoms with Crippen molar-refractivity contribution in [1.82, 2.24) is 0 Å². The standard InChI is InChI=1S/C14H11Cl2FN2O/c1-7-4-8(17)2-3-12(7)19-14(20)10-5-9(18)6-11(15)13(10)16/h2-6H,18H2,1H3,(H,19,20). The number of nitrogens with one attached hydrogen (secondary N) is 1. The van der Waals surface area contributed by atoms with Crippen molar-refractivity contribution in [2.75, 3.05) is 11.1 Å². The van der Waals surface area contributed by atoms with E-state index in [0.29, 0.717) is 16.9 Å². The van der Waals surface area contributed by atoms with Gasteiger partial charge in [0.1, 0.15) is 5.82 Å². The highest BCUT2D eigenvalue weighted by Crippen LogP contribution is 2.29. The molecule has 0 heterocycles. The molecule has 0 unspecified atom stereocenters. The van der Waals surface area contributed by atoms with Gasteiger partial charge in [-0.1, -0.05) is 23.2 Å². The number of hydrogen-bond acceptors (Lipinski definition) is 2. The Hall–Kier alpha value is -1.78. The molecule has 3 N–H and O–H groups in total. The summed E-state index contributed by atoms with van der Waals surface area (Å²) in [5.74, 6) is -0.829. The molecule has 2 aromatic rings. The molecular formula is C14H11Cl2FN2O. The number of aryl methyl sites for hydroxylation is 1. The van der Waals surface area contributed by atoms with E-state index in [-0.39, 0.29) is 21.4 Å². The molecule has 2 rings (SSSR count). The molecule has 104 valence electrons. The van der Waals surface area contributed by atoms with Gasteiger partial charge in [0.05, 0.1) is 15.6 Å². The van der Waals surface area contributed by atoms with Gasteiger partial charge in [0.25, 0.3) is 5.91 Å². The van der Waals surface area contributed by atoms with E-state index in [1.807, 2.05) is 0 Å². The van der Waals surface area contributed by atoms with Gasteiger partial charge in [-0.15, -0.1) is 0 Å². The summed E-state index contributed by atoms with van der Waals surface area (Å²) < 4.78 is 13.0. The van der Waals surface area contributed by atoms with E-state index < -0.39 is 5.91 Å². The second kappa shape index (κ2) is 5.69. The SMILES string of the molecule is Cc1cc(F)ccc1NC(=O)c1cc(N)cc(Cl)c1Cl. The topological polar surface area (TPSA) is 55.1 Å². The molecule has 3 nitrogen and oxygen atoms in total. The molecule has 1 amide bonds. The van der Waals surface area contributed by atoms with Crippen LogP contribution in [0.4, 0.5) is 15.8 Å². The summed E-state index contributed by atoms with van der Waals surface area (Å²) in [7, 11) is 0. The highest BCUT2D eigenvalue weighted by atomic mass is 35.5. The van der Waals surface area contributed by atoms with Gasteiger partial charge in [0.2, 0.25) is 0 Å². The third kappa shape index (κ3) is 3.03.